The van der Waals surface area contributed by atoms with E-state index in [1.165, 1.54) is 13.2 Å². The zero-order valence-corrected chi connectivity index (χ0v) is 14.2. The second kappa shape index (κ2) is 6.77. The molecule has 0 N–H and O–H groups in total. The highest BCUT2D eigenvalue weighted by atomic mass is 16.5. The smallest absolute Gasteiger partial charge is 0.330 e. The minimum atomic E-state index is -0.420. The first-order valence-corrected chi connectivity index (χ1v) is 8.40. The molecule has 128 valence electrons. The average molecular weight is 329 g/mol. The van der Waals surface area contributed by atoms with Crippen molar-refractivity contribution >= 4 is 17.8 Å². The highest BCUT2D eigenvalue weighted by molar-refractivity contribution is 6.01. The molecule has 0 unspecified atom stereocenters. The number of ether oxygens (including phenoxy) is 2. The zero-order chi connectivity index (χ0) is 17.2. The number of esters is 1. The van der Waals surface area contributed by atoms with Gasteiger partial charge in [0.2, 0.25) is 0 Å². The van der Waals surface area contributed by atoms with Crippen molar-refractivity contribution in [2.75, 3.05) is 26.7 Å². The van der Waals surface area contributed by atoms with E-state index in [1.807, 2.05) is 12.1 Å². The number of Topliss-reactive ketones (excluding diaryl/α,β-unsaturated/α-hetero) is 1. The molecule has 0 radical (unpaired) electrons. The van der Waals surface area contributed by atoms with Gasteiger partial charge in [-0.1, -0.05) is 13.0 Å². The number of likely N-dealkylation sites (tertiary alicyclic amines) is 1. The fraction of sp³-hybridized carbons (Fsp3) is 0.474. The molecule has 2 aliphatic rings. The molecule has 3 rings (SSSR count). The molecule has 1 aromatic carbocycles. The van der Waals surface area contributed by atoms with Crippen molar-refractivity contribution in [1.82, 2.24) is 4.90 Å². The van der Waals surface area contributed by atoms with E-state index >= 15 is 0 Å². The molecule has 1 aromatic rings. The number of methoxy groups -OCH3 is 1. The van der Waals surface area contributed by atoms with Crippen LogP contribution in [0.1, 0.15) is 42.1 Å². The van der Waals surface area contributed by atoms with Crippen molar-refractivity contribution in [2.45, 2.75) is 31.8 Å². The number of hydrogen-bond donors (Lipinski definition) is 0. The molecular formula is C19H23NO4. The molecule has 0 aromatic heterocycles. The predicted octanol–water partition coefficient (Wildman–Crippen LogP) is 2.69. The number of ketones is 1. The van der Waals surface area contributed by atoms with Gasteiger partial charge < -0.3 is 14.4 Å². The summed E-state index contributed by atoms with van der Waals surface area (Å²) < 4.78 is 10.8. The number of rotatable bonds is 3. The molecule has 1 fully saturated rings. The van der Waals surface area contributed by atoms with Gasteiger partial charge in [0.05, 0.1) is 19.1 Å². The maximum Gasteiger partial charge on any atom is 0.330 e. The number of benzene rings is 1. The number of carbonyl (C=O) groups is 2. The van der Waals surface area contributed by atoms with Crippen LogP contribution in [0.2, 0.25) is 0 Å². The van der Waals surface area contributed by atoms with Crippen molar-refractivity contribution in [2.24, 2.45) is 0 Å². The van der Waals surface area contributed by atoms with Crippen LogP contribution in [0.25, 0.3) is 6.08 Å². The van der Waals surface area contributed by atoms with E-state index in [9.17, 15) is 9.59 Å². The Morgan fingerprint density at radius 3 is 2.79 bits per heavy atom. The Bertz CT molecular complexity index is 672. The minimum Gasteiger partial charge on any atom is -0.486 e. The molecule has 1 saturated heterocycles. The maximum absolute atomic E-state index is 12.6. The van der Waals surface area contributed by atoms with E-state index in [0.717, 1.165) is 38.0 Å². The summed E-state index contributed by atoms with van der Waals surface area (Å²) in [5, 5.41) is 0. The van der Waals surface area contributed by atoms with Gasteiger partial charge in [0.15, 0.2) is 5.78 Å². The van der Waals surface area contributed by atoms with Gasteiger partial charge >= 0.3 is 5.97 Å². The molecule has 0 aliphatic carbocycles. The molecule has 0 amide bonds. The van der Waals surface area contributed by atoms with Crippen LogP contribution in [-0.4, -0.2) is 49.0 Å². The van der Waals surface area contributed by atoms with Gasteiger partial charge in [0.1, 0.15) is 11.4 Å². The molecule has 0 atom stereocenters. The lowest BCUT2D eigenvalue weighted by atomic mass is 9.82. The van der Waals surface area contributed by atoms with Gasteiger partial charge in [0, 0.05) is 32.0 Å². The second-order valence-corrected chi connectivity index (χ2v) is 6.43. The van der Waals surface area contributed by atoms with Crippen LogP contribution in [0.15, 0.2) is 24.3 Å². The summed E-state index contributed by atoms with van der Waals surface area (Å²) in [7, 11) is 1.33. The van der Waals surface area contributed by atoms with Crippen LogP contribution in [0.3, 0.4) is 0 Å². The SMILES string of the molecule is CCN1CCC2(CC1)CC(=O)c1cc(/C=C/C(=O)OC)ccc1O2. The van der Waals surface area contributed by atoms with Crippen molar-refractivity contribution in [3.63, 3.8) is 0 Å². The second-order valence-electron chi connectivity index (χ2n) is 6.43. The normalized spacial score (nSPS) is 20.0. The Morgan fingerprint density at radius 2 is 2.12 bits per heavy atom. The summed E-state index contributed by atoms with van der Waals surface area (Å²) in [6, 6.07) is 5.47. The molecular weight excluding hydrogens is 306 g/mol. The van der Waals surface area contributed by atoms with E-state index in [1.54, 1.807) is 12.1 Å². The Balaban J connectivity index is 1.79. The third-order valence-corrected chi connectivity index (χ3v) is 4.94. The predicted molar refractivity (Wildman–Crippen MR) is 91.1 cm³/mol. The first kappa shape index (κ1) is 16.7. The largest absolute Gasteiger partial charge is 0.486 e. The van der Waals surface area contributed by atoms with Gasteiger partial charge in [-0.25, -0.2) is 4.79 Å². The molecule has 0 saturated carbocycles. The van der Waals surface area contributed by atoms with Crippen LogP contribution in [0.5, 0.6) is 5.75 Å². The van der Waals surface area contributed by atoms with Gasteiger partial charge in [-0.05, 0) is 30.3 Å². The lowest BCUT2D eigenvalue weighted by Crippen LogP contribution is -2.50. The van der Waals surface area contributed by atoms with Crippen molar-refractivity contribution in [3.8, 4) is 5.75 Å². The van der Waals surface area contributed by atoms with Crippen LogP contribution >= 0.6 is 0 Å². The third kappa shape index (κ3) is 3.36. The van der Waals surface area contributed by atoms with Gasteiger partial charge in [-0.2, -0.15) is 0 Å². The lowest BCUT2D eigenvalue weighted by molar-refractivity contribution is -0.134. The lowest BCUT2D eigenvalue weighted by Gasteiger charge is -2.43. The van der Waals surface area contributed by atoms with Crippen LogP contribution in [0.4, 0.5) is 0 Å². The summed E-state index contributed by atoms with van der Waals surface area (Å²) in [5.41, 5.74) is 1.04. The number of carbonyl (C=O) groups excluding carboxylic acids is 2. The van der Waals surface area contributed by atoms with Crippen LogP contribution in [0, 0.1) is 0 Å². The summed E-state index contributed by atoms with van der Waals surface area (Å²) in [4.78, 5) is 26.2. The summed E-state index contributed by atoms with van der Waals surface area (Å²) in [5.74, 6) is 0.359. The van der Waals surface area contributed by atoms with Crippen molar-refractivity contribution in [1.29, 1.82) is 0 Å². The van der Waals surface area contributed by atoms with E-state index in [0.29, 0.717) is 17.7 Å². The quantitative estimate of drug-likeness (QED) is 0.630. The molecule has 2 heterocycles. The van der Waals surface area contributed by atoms with Gasteiger partial charge in [0.25, 0.3) is 0 Å². The number of hydrogen-bond acceptors (Lipinski definition) is 5. The van der Waals surface area contributed by atoms with E-state index in [-0.39, 0.29) is 11.4 Å². The topological polar surface area (TPSA) is 55.8 Å². The Labute approximate surface area is 142 Å². The Hall–Kier alpha value is -2.14. The number of piperidine rings is 1. The molecule has 2 aliphatic heterocycles. The average Bonchev–Trinajstić information content (AvgIpc) is 2.60. The first-order valence-electron chi connectivity index (χ1n) is 8.40. The molecule has 24 heavy (non-hydrogen) atoms. The van der Waals surface area contributed by atoms with Gasteiger partial charge in [-0.15, -0.1) is 0 Å². The number of fused-ring (bicyclic) bond motifs is 1. The Morgan fingerprint density at radius 1 is 1.38 bits per heavy atom. The van der Waals surface area contributed by atoms with Gasteiger partial charge in [-0.3, -0.25) is 4.79 Å². The standard InChI is InChI=1S/C19H23NO4/c1-3-20-10-8-19(9-11-20)13-16(21)15-12-14(4-6-17(15)24-19)5-7-18(22)23-2/h4-7,12H,3,8-11,13H2,1-2H3/b7-5+. The Kier molecular flexibility index (Phi) is 4.71. The molecule has 5 heteroatoms. The summed E-state index contributed by atoms with van der Waals surface area (Å²) in [6.45, 7) is 5.14. The highest BCUT2D eigenvalue weighted by Crippen LogP contribution is 2.39. The number of nitrogens with zero attached hydrogens (tertiary/aromatic N) is 1. The van der Waals surface area contributed by atoms with E-state index in [4.69, 9.17) is 4.74 Å². The monoisotopic (exact) mass is 329 g/mol. The maximum atomic E-state index is 12.6. The van der Waals surface area contributed by atoms with Crippen molar-refractivity contribution < 1.29 is 19.1 Å². The van der Waals surface area contributed by atoms with Crippen molar-refractivity contribution in [3.05, 3.63) is 35.4 Å². The fourth-order valence-electron chi connectivity index (χ4n) is 3.40. The summed E-state index contributed by atoms with van der Waals surface area (Å²) >= 11 is 0. The molecule has 0 bridgehead atoms. The fourth-order valence-corrected chi connectivity index (χ4v) is 3.40. The van der Waals surface area contributed by atoms with E-state index < -0.39 is 5.97 Å². The van der Waals surface area contributed by atoms with Crippen LogP contribution < -0.4 is 4.74 Å². The summed E-state index contributed by atoms with van der Waals surface area (Å²) in [6.07, 6.45) is 5.19. The zero-order valence-electron chi connectivity index (χ0n) is 14.2. The van der Waals surface area contributed by atoms with Crippen LogP contribution in [-0.2, 0) is 9.53 Å². The minimum absolute atomic E-state index is 0.120. The molecule has 1 spiro atoms. The third-order valence-electron chi connectivity index (χ3n) is 4.94. The first-order chi connectivity index (χ1) is 11.5. The van der Waals surface area contributed by atoms with E-state index in [2.05, 4.69) is 16.6 Å². The molecule has 5 nitrogen and oxygen atoms in total. The highest BCUT2D eigenvalue weighted by Gasteiger charge is 2.42.